The van der Waals surface area contributed by atoms with Gasteiger partial charge in [-0.15, -0.1) is 11.3 Å². The molecule has 1 aliphatic rings. The summed E-state index contributed by atoms with van der Waals surface area (Å²) in [6, 6.07) is 17.0. The van der Waals surface area contributed by atoms with Gasteiger partial charge in [-0.3, -0.25) is 9.59 Å². The molecule has 0 N–H and O–H groups in total. The molecule has 2 atom stereocenters. The zero-order valence-corrected chi connectivity index (χ0v) is 20.6. The van der Waals surface area contributed by atoms with Gasteiger partial charge in [-0.05, 0) is 53.6 Å². The van der Waals surface area contributed by atoms with Gasteiger partial charge >= 0.3 is 0 Å². The number of rotatable bonds is 6. The summed E-state index contributed by atoms with van der Waals surface area (Å²) in [6.45, 7) is 6.77. The first kappa shape index (κ1) is 23.1. The summed E-state index contributed by atoms with van der Waals surface area (Å²) in [5, 5.41) is 2.00. The highest BCUT2D eigenvalue weighted by molar-refractivity contribution is 7.10. The molecule has 5 nitrogen and oxygen atoms in total. The summed E-state index contributed by atoms with van der Waals surface area (Å²) in [7, 11) is 3.40. The number of benzene rings is 2. The van der Waals surface area contributed by atoms with Crippen molar-refractivity contribution in [2.45, 2.75) is 32.7 Å². The van der Waals surface area contributed by atoms with Gasteiger partial charge in [0, 0.05) is 24.0 Å². The third-order valence-corrected chi connectivity index (χ3v) is 7.07. The molecule has 2 aromatic carbocycles. The maximum Gasteiger partial charge on any atom is 0.254 e. The molecule has 0 spiro atoms. The van der Waals surface area contributed by atoms with Crippen LogP contribution in [0.3, 0.4) is 0 Å². The first-order valence-electron chi connectivity index (χ1n) is 11.2. The molecular weight excluding hydrogens is 432 g/mol. The van der Waals surface area contributed by atoms with Crippen LogP contribution in [-0.2, 0) is 4.79 Å². The predicted molar refractivity (Wildman–Crippen MR) is 133 cm³/mol. The molecule has 0 saturated carbocycles. The monoisotopic (exact) mass is 462 g/mol. The number of likely N-dealkylation sites (N-methyl/N-ethyl adjacent to an activating group) is 1. The maximum absolute atomic E-state index is 14.2. The Morgan fingerprint density at radius 3 is 2.58 bits per heavy atom. The fourth-order valence-corrected chi connectivity index (χ4v) is 5.49. The maximum atomic E-state index is 14.2. The standard InChI is InChI=1S/C27H30N2O3S/c1-17(2)16-29-25(23-11-8-14-33-23)24(19-9-6-7-10-20(19)26(29)30)27(31)28(4)21-15-18(3)12-13-22(21)32-5/h6-15,17,24-25H,16H2,1-5H3/t24-,25+/m1/s1. The summed E-state index contributed by atoms with van der Waals surface area (Å²) >= 11 is 1.59. The molecule has 0 unspecified atom stereocenters. The summed E-state index contributed by atoms with van der Waals surface area (Å²) in [5.74, 6) is 0.311. The quantitative estimate of drug-likeness (QED) is 0.475. The highest BCUT2D eigenvalue weighted by Crippen LogP contribution is 2.46. The zero-order valence-electron chi connectivity index (χ0n) is 19.7. The Bertz CT molecular complexity index is 1160. The van der Waals surface area contributed by atoms with Crippen LogP contribution in [0.15, 0.2) is 60.0 Å². The molecule has 0 bridgehead atoms. The molecule has 2 heterocycles. The number of hydrogen-bond donors (Lipinski definition) is 0. The van der Waals surface area contributed by atoms with Crippen LogP contribution in [0.1, 0.15) is 52.2 Å². The molecule has 0 saturated heterocycles. The highest BCUT2D eigenvalue weighted by Gasteiger charge is 2.45. The number of anilines is 1. The Hall–Kier alpha value is -3.12. The molecule has 2 amide bonds. The fourth-order valence-electron chi connectivity index (χ4n) is 4.62. The van der Waals surface area contributed by atoms with Gasteiger partial charge in [-0.1, -0.05) is 44.2 Å². The minimum absolute atomic E-state index is 0.0162. The van der Waals surface area contributed by atoms with E-state index in [2.05, 4.69) is 13.8 Å². The summed E-state index contributed by atoms with van der Waals surface area (Å²) in [4.78, 5) is 32.4. The lowest BCUT2D eigenvalue weighted by molar-refractivity contribution is -0.121. The number of fused-ring (bicyclic) bond motifs is 1. The van der Waals surface area contributed by atoms with E-state index in [1.165, 1.54) is 0 Å². The van der Waals surface area contributed by atoms with Crippen molar-refractivity contribution >= 4 is 28.8 Å². The van der Waals surface area contributed by atoms with Gasteiger partial charge in [0.25, 0.3) is 5.91 Å². The number of methoxy groups -OCH3 is 1. The molecule has 3 aromatic rings. The molecule has 4 rings (SSSR count). The number of ether oxygens (including phenoxy) is 1. The van der Waals surface area contributed by atoms with Crippen molar-refractivity contribution in [2.24, 2.45) is 5.92 Å². The van der Waals surface area contributed by atoms with Gasteiger partial charge in [0.15, 0.2) is 0 Å². The summed E-state index contributed by atoms with van der Waals surface area (Å²) in [5.41, 5.74) is 3.15. The predicted octanol–water partition coefficient (Wildman–Crippen LogP) is 5.66. The van der Waals surface area contributed by atoms with Crippen LogP contribution in [0.25, 0.3) is 0 Å². The molecule has 0 radical (unpaired) electrons. The Labute approximate surface area is 199 Å². The van der Waals surface area contributed by atoms with Crippen LogP contribution < -0.4 is 9.64 Å². The number of carbonyl (C=O) groups is 2. The average Bonchev–Trinajstić information content (AvgIpc) is 3.34. The topological polar surface area (TPSA) is 49.9 Å². The molecular formula is C27H30N2O3S. The van der Waals surface area contributed by atoms with Crippen molar-refractivity contribution in [1.82, 2.24) is 4.90 Å². The van der Waals surface area contributed by atoms with E-state index in [0.717, 1.165) is 21.7 Å². The van der Waals surface area contributed by atoms with Crippen LogP contribution in [0.4, 0.5) is 5.69 Å². The van der Waals surface area contributed by atoms with E-state index >= 15 is 0 Å². The lowest BCUT2D eigenvalue weighted by Gasteiger charge is -2.43. The first-order chi connectivity index (χ1) is 15.8. The minimum Gasteiger partial charge on any atom is -0.495 e. The summed E-state index contributed by atoms with van der Waals surface area (Å²) in [6.07, 6.45) is 0. The number of thiophene rings is 1. The zero-order chi connectivity index (χ0) is 23.7. The van der Waals surface area contributed by atoms with Crippen molar-refractivity contribution in [3.8, 4) is 5.75 Å². The average molecular weight is 463 g/mol. The molecule has 1 aromatic heterocycles. The van der Waals surface area contributed by atoms with Gasteiger partial charge < -0.3 is 14.5 Å². The van der Waals surface area contributed by atoms with E-state index in [4.69, 9.17) is 4.74 Å². The van der Waals surface area contributed by atoms with Crippen LogP contribution in [-0.4, -0.2) is 37.4 Å². The molecule has 6 heteroatoms. The number of nitrogens with zero attached hydrogens (tertiary/aromatic N) is 2. The van der Waals surface area contributed by atoms with E-state index in [-0.39, 0.29) is 23.8 Å². The number of carbonyl (C=O) groups excluding carboxylic acids is 2. The third-order valence-electron chi connectivity index (χ3n) is 6.13. The molecule has 1 aliphatic heterocycles. The Morgan fingerprint density at radius 2 is 1.91 bits per heavy atom. The van der Waals surface area contributed by atoms with Crippen molar-refractivity contribution in [2.75, 3.05) is 25.6 Å². The van der Waals surface area contributed by atoms with Crippen LogP contribution in [0.5, 0.6) is 5.75 Å². The Morgan fingerprint density at radius 1 is 1.15 bits per heavy atom. The van der Waals surface area contributed by atoms with Crippen molar-refractivity contribution < 1.29 is 14.3 Å². The summed E-state index contributed by atoms with van der Waals surface area (Å²) < 4.78 is 5.56. The van der Waals surface area contributed by atoms with Crippen molar-refractivity contribution in [1.29, 1.82) is 0 Å². The minimum atomic E-state index is -0.522. The van der Waals surface area contributed by atoms with Gasteiger partial charge in [0.2, 0.25) is 5.91 Å². The highest BCUT2D eigenvalue weighted by atomic mass is 32.1. The Balaban J connectivity index is 1.88. The van der Waals surface area contributed by atoms with Crippen LogP contribution in [0.2, 0.25) is 0 Å². The number of amides is 2. The second kappa shape index (κ2) is 9.40. The van der Waals surface area contributed by atoms with Crippen molar-refractivity contribution in [3.63, 3.8) is 0 Å². The van der Waals surface area contributed by atoms with Crippen LogP contribution in [0, 0.1) is 12.8 Å². The van der Waals surface area contributed by atoms with E-state index in [1.54, 1.807) is 30.4 Å². The lowest BCUT2D eigenvalue weighted by atomic mass is 9.80. The second-order valence-electron chi connectivity index (χ2n) is 8.95. The molecule has 172 valence electrons. The fraction of sp³-hybridized carbons (Fsp3) is 0.333. The van der Waals surface area contributed by atoms with Crippen LogP contribution >= 0.6 is 11.3 Å². The third kappa shape index (κ3) is 4.27. The van der Waals surface area contributed by atoms with E-state index in [9.17, 15) is 9.59 Å². The first-order valence-corrected chi connectivity index (χ1v) is 12.1. The van der Waals surface area contributed by atoms with E-state index < -0.39 is 5.92 Å². The van der Waals surface area contributed by atoms with Gasteiger partial charge in [0.1, 0.15) is 5.75 Å². The number of aryl methyl sites for hydroxylation is 1. The molecule has 0 fully saturated rings. The van der Waals surface area contributed by atoms with E-state index in [0.29, 0.717) is 17.9 Å². The normalized spacial score (nSPS) is 17.8. The van der Waals surface area contributed by atoms with Crippen molar-refractivity contribution in [3.05, 3.63) is 81.5 Å². The molecule has 33 heavy (non-hydrogen) atoms. The smallest absolute Gasteiger partial charge is 0.254 e. The van der Waals surface area contributed by atoms with Gasteiger partial charge in [-0.25, -0.2) is 0 Å². The second-order valence-corrected chi connectivity index (χ2v) is 9.93. The Kier molecular flexibility index (Phi) is 6.56. The largest absolute Gasteiger partial charge is 0.495 e. The molecule has 0 aliphatic carbocycles. The number of hydrogen-bond acceptors (Lipinski definition) is 4. The SMILES string of the molecule is COc1ccc(C)cc1N(C)C(=O)[C@@H]1c2ccccc2C(=O)N(CC(C)C)[C@H]1c1cccs1. The van der Waals surface area contributed by atoms with E-state index in [1.807, 2.05) is 71.8 Å². The lowest BCUT2D eigenvalue weighted by Crippen LogP contribution is -2.48. The van der Waals surface area contributed by atoms with Gasteiger partial charge in [-0.2, -0.15) is 0 Å². The van der Waals surface area contributed by atoms with Gasteiger partial charge in [0.05, 0.1) is 24.8 Å².